The van der Waals surface area contributed by atoms with Gasteiger partial charge in [-0.1, -0.05) is 12.1 Å². The van der Waals surface area contributed by atoms with Crippen molar-refractivity contribution in [2.24, 2.45) is 5.10 Å². The number of carbonyl (C=O) groups excluding carboxylic acids is 3. The number of urea groups is 1. The molecule has 1 aliphatic heterocycles. The van der Waals surface area contributed by atoms with Crippen LogP contribution in [0, 0.1) is 0 Å². The first kappa shape index (κ1) is 23.3. The average molecular weight is 453 g/mol. The SMILES string of the molecule is COC(=O)C1=C(C)NC(=O)NC1c1ccc(OCC(=O)N/N=C/c2ccccn2)c(OC)c1. The molecular formula is C22H23N5O6. The van der Waals surface area contributed by atoms with E-state index in [0.29, 0.717) is 28.5 Å². The quantitative estimate of drug-likeness (QED) is 0.312. The summed E-state index contributed by atoms with van der Waals surface area (Å²) in [6.07, 6.45) is 3.03. The molecule has 172 valence electrons. The van der Waals surface area contributed by atoms with Crippen molar-refractivity contribution >= 4 is 24.1 Å². The molecule has 0 fully saturated rings. The topological polar surface area (TPSA) is 140 Å². The molecule has 3 amide bonds. The number of carbonyl (C=O) groups is 3. The minimum absolute atomic E-state index is 0.262. The van der Waals surface area contributed by atoms with Gasteiger partial charge >= 0.3 is 12.0 Å². The maximum Gasteiger partial charge on any atom is 0.337 e. The monoisotopic (exact) mass is 453 g/mol. The highest BCUT2D eigenvalue weighted by Gasteiger charge is 2.32. The van der Waals surface area contributed by atoms with Gasteiger partial charge in [0.05, 0.1) is 37.7 Å². The summed E-state index contributed by atoms with van der Waals surface area (Å²) in [4.78, 5) is 40.3. The van der Waals surface area contributed by atoms with Crippen molar-refractivity contribution in [1.82, 2.24) is 21.0 Å². The Hall–Kier alpha value is -4.41. The Balaban J connectivity index is 1.70. The van der Waals surface area contributed by atoms with Crippen LogP contribution in [-0.2, 0) is 14.3 Å². The van der Waals surface area contributed by atoms with Gasteiger partial charge in [-0.25, -0.2) is 15.0 Å². The van der Waals surface area contributed by atoms with Crippen LogP contribution in [0.4, 0.5) is 4.79 Å². The van der Waals surface area contributed by atoms with Crippen molar-refractivity contribution in [1.29, 1.82) is 0 Å². The second-order valence-corrected chi connectivity index (χ2v) is 6.81. The Morgan fingerprint density at radius 1 is 1.21 bits per heavy atom. The second kappa shape index (κ2) is 10.8. The van der Waals surface area contributed by atoms with E-state index in [1.807, 2.05) is 0 Å². The van der Waals surface area contributed by atoms with Gasteiger partial charge in [-0.2, -0.15) is 5.10 Å². The van der Waals surface area contributed by atoms with Gasteiger partial charge in [0.2, 0.25) is 0 Å². The fourth-order valence-electron chi connectivity index (χ4n) is 3.11. The Morgan fingerprint density at radius 3 is 2.73 bits per heavy atom. The molecule has 0 spiro atoms. The van der Waals surface area contributed by atoms with Crippen LogP contribution >= 0.6 is 0 Å². The smallest absolute Gasteiger partial charge is 0.337 e. The van der Waals surface area contributed by atoms with Gasteiger partial charge in [0.25, 0.3) is 5.91 Å². The number of nitrogens with one attached hydrogen (secondary N) is 3. The van der Waals surface area contributed by atoms with Crippen molar-refractivity contribution in [2.75, 3.05) is 20.8 Å². The molecule has 1 atom stereocenters. The Bertz CT molecular complexity index is 1100. The summed E-state index contributed by atoms with van der Waals surface area (Å²) in [5.41, 5.74) is 4.16. The van der Waals surface area contributed by atoms with Crippen LogP contribution < -0.4 is 25.5 Å². The summed E-state index contributed by atoms with van der Waals surface area (Å²) in [5.74, 6) is -0.449. The molecule has 1 aromatic carbocycles. The fraction of sp³-hybridized carbons (Fsp3) is 0.227. The number of rotatable bonds is 8. The van der Waals surface area contributed by atoms with E-state index in [1.54, 1.807) is 49.5 Å². The zero-order valence-electron chi connectivity index (χ0n) is 18.2. The molecule has 0 aliphatic carbocycles. The van der Waals surface area contributed by atoms with Crippen molar-refractivity contribution in [3.05, 3.63) is 65.1 Å². The zero-order valence-corrected chi connectivity index (χ0v) is 18.2. The lowest BCUT2D eigenvalue weighted by molar-refractivity contribution is -0.136. The van der Waals surface area contributed by atoms with E-state index in [0.717, 1.165) is 0 Å². The largest absolute Gasteiger partial charge is 0.493 e. The maximum atomic E-state index is 12.3. The van der Waals surface area contributed by atoms with Crippen LogP contribution in [0.1, 0.15) is 24.2 Å². The van der Waals surface area contributed by atoms with Gasteiger partial charge in [0, 0.05) is 11.9 Å². The lowest BCUT2D eigenvalue weighted by Crippen LogP contribution is -2.45. The number of hydrogen-bond acceptors (Lipinski definition) is 8. The van der Waals surface area contributed by atoms with Gasteiger partial charge in [-0.3, -0.25) is 9.78 Å². The molecule has 0 bridgehead atoms. The normalized spacial score (nSPS) is 15.5. The number of hydrogen-bond donors (Lipinski definition) is 3. The Kier molecular flexibility index (Phi) is 7.58. The molecule has 0 saturated heterocycles. The van der Waals surface area contributed by atoms with E-state index in [9.17, 15) is 14.4 Å². The third-order valence-corrected chi connectivity index (χ3v) is 4.63. The summed E-state index contributed by atoms with van der Waals surface area (Å²) >= 11 is 0. The number of amides is 3. The lowest BCUT2D eigenvalue weighted by Gasteiger charge is -2.28. The summed E-state index contributed by atoms with van der Waals surface area (Å²) in [5, 5.41) is 9.08. The maximum absolute atomic E-state index is 12.3. The molecular weight excluding hydrogens is 430 g/mol. The highest BCUT2D eigenvalue weighted by atomic mass is 16.5. The van der Waals surface area contributed by atoms with Crippen molar-refractivity contribution in [2.45, 2.75) is 13.0 Å². The third kappa shape index (κ3) is 5.85. The van der Waals surface area contributed by atoms with E-state index < -0.39 is 23.9 Å². The van der Waals surface area contributed by atoms with Gasteiger partial charge < -0.3 is 24.8 Å². The summed E-state index contributed by atoms with van der Waals surface area (Å²) in [7, 11) is 2.70. The van der Waals surface area contributed by atoms with E-state index in [4.69, 9.17) is 14.2 Å². The molecule has 11 heteroatoms. The van der Waals surface area contributed by atoms with Crippen molar-refractivity contribution in [3.8, 4) is 11.5 Å². The number of ether oxygens (including phenoxy) is 3. The first-order valence-electron chi connectivity index (χ1n) is 9.83. The number of hydrazone groups is 1. The van der Waals surface area contributed by atoms with Crippen LogP contribution in [0.5, 0.6) is 11.5 Å². The van der Waals surface area contributed by atoms with Gasteiger partial charge in [0.15, 0.2) is 18.1 Å². The lowest BCUT2D eigenvalue weighted by atomic mass is 9.95. The second-order valence-electron chi connectivity index (χ2n) is 6.81. The molecule has 1 aliphatic rings. The predicted octanol–water partition coefficient (Wildman–Crippen LogP) is 1.42. The highest BCUT2D eigenvalue weighted by Crippen LogP contribution is 2.34. The van der Waals surface area contributed by atoms with Gasteiger partial charge in [-0.05, 0) is 36.8 Å². The molecule has 0 radical (unpaired) electrons. The number of pyridine rings is 1. The van der Waals surface area contributed by atoms with Gasteiger partial charge in [-0.15, -0.1) is 0 Å². The van der Waals surface area contributed by atoms with Crippen LogP contribution in [0.3, 0.4) is 0 Å². The standard InChI is InChI=1S/C22H23N5O6/c1-13-19(21(29)32-3)20(26-22(30)25-13)14-7-8-16(17(10-14)31-2)33-12-18(28)27-24-11-15-6-4-5-9-23-15/h4-11,20H,12H2,1-3H3,(H,27,28)(H2,25,26,30)/b24-11+. The molecule has 2 heterocycles. The summed E-state index contributed by atoms with van der Waals surface area (Å²) in [6.45, 7) is 1.30. The Labute approximate surface area is 189 Å². The number of nitrogens with zero attached hydrogens (tertiary/aromatic N) is 2. The third-order valence-electron chi connectivity index (χ3n) is 4.63. The minimum Gasteiger partial charge on any atom is -0.493 e. The Morgan fingerprint density at radius 2 is 2.03 bits per heavy atom. The van der Waals surface area contributed by atoms with Gasteiger partial charge in [0.1, 0.15) is 0 Å². The molecule has 2 aromatic rings. The van der Waals surface area contributed by atoms with Crippen LogP contribution in [-0.4, -0.2) is 49.9 Å². The molecule has 33 heavy (non-hydrogen) atoms. The first-order valence-corrected chi connectivity index (χ1v) is 9.83. The number of aromatic nitrogens is 1. The molecule has 1 unspecified atom stereocenters. The highest BCUT2D eigenvalue weighted by molar-refractivity contribution is 5.95. The molecule has 0 saturated carbocycles. The van der Waals surface area contributed by atoms with Crippen molar-refractivity contribution < 1.29 is 28.6 Å². The number of allylic oxidation sites excluding steroid dienone is 1. The summed E-state index contributed by atoms with van der Waals surface area (Å²) < 4.78 is 15.8. The van der Waals surface area contributed by atoms with E-state index >= 15 is 0 Å². The van der Waals surface area contributed by atoms with E-state index in [1.165, 1.54) is 20.4 Å². The first-order chi connectivity index (χ1) is 15.9. The summed E-state index contributed by atoms with van der Waals surface area (Å²) in [6, 6.07) is 8.96. The van der Waals surface area contributed by atoms with E-state index in [-0.39, 0.29) is 12.2 Å². The fourth-order valence-corrected chi connectivity index (χ4v) is 3.11. The van der Waals surface area contributed by atoms with Crippen molar-refractivity contribution in [3.63, 3.8) is 0 Å². The van der Waals surface area contributed by atoms with E-state index in [2.05, 4.69) is 26.1 Å². The molecule has 1 aromatic heterocycles. The molecule has 3 rings (SSSR count). The number of esters is 1. The molecule has 3 N–H and O–H groups in total. The molecule has 11 nitrogen and oxygen atoms in total. The van der Waals surface area contributed by atoms with Crippen LogP contribution in [0.25, 0.3) is 0 Å². The average Bonchev–Trinajstić information content (AvgIpc) is 2.82. The van der Waals surface area contributed by atoms with Crippen LogP contribution in [0.15, 0.2) is 59.0 Å². The predicted molar refractivity (Wildman–Crippen MR) is 118 cm³/mol. The number of methoxy groups -OCH3 is 2. The van der Waals surface area contributed by atoms with Crippen LogP contribution in [0.2, 0.25) is 0 Å². The zero-order chi connectivity index (χ0) is 23.8. The minimum atomic E-state index is -0.751. The number of benzene rings is 1.